The van der Waals surface area contributed by atoms with E-state index < -0.39 is 5.91 Å². The van der Waals surface area contributed by atoms with E-state index >= 15 is 0 Å². The Kier molecular flexibility index (Phi) is 3.76. The lowest BCUT2D eigenvalue weighted by Gasteiger charge is -2.10. The topological polar surface area (TPSA) is 112 Å². The molecular weight excluding hydrogens is 378 g/mol. The first-order chi connectivity index (χ1) is 13.6. The Hall–Kier alpha value is -3.46. The molecule has 0 spiro atoms. The van der Waals surface area contributed by atoms with Crippen LogP contribution in [0, 0.1) is 0 Å². The van der Waals surface area contributed by atoms with Crippen LogP contribution < -0.4 is 20.5 Å². The highest BCUT2D eigenvalue weighted by Crippen LogP contribution is 2.38. The van der Waals surface area contributed by atoms with Gasteiger partial charge in [-0.1, -0.05) is 6.92 Å². The van der Waals surface area contributed by atoms with E-state index in [0.717, 1.165) is 38.8 Å². The van der Waals surface area contributed by atoms with E-state index in [1.807, 2.05) is 31.2 Å². The number of nitrogens with one attached hydrogen (secondary N) is 1. The van der Waals surface area contributed by atoms with Crippen molar-refractivity contribution in [3.63, 3.8) is 0 Å². The smallest absolute Gasteiger partial charge is 0.277 e. The van der Waals surface area contributed by atoms with Gasteiger partial charge in [-0.05, 0) is 30.2 Å². The number of aryl methyl sites for hydroxylation is 1. The van der Waals surface area contributed by atoms with Crippen molar-refractivity contribution in [3.8, 4) is 11.5 Å². The summed E-state index contributed by atoms with van der Waals surface area (Å²) in [6.07, 6.45) is 2.28. The van der Waals surface area contributed by atoms with Crippen LogP contribution in [-0.2, 0) is 6.42 Å². The van der Waals surface area contributed by atoms with E-state index in [0.29, 0.717) is 17.3 Å². The summed E-state index contributed by atoms with van der Waals surface area (Å²) >= 11 is 1.26. The van der Waals surface area contributed by atoms with Gasteiger partial charge in [0.25, 0.3) is 5.91 Å². The number of carbonyl (C=O) groups is 1. The number of aromatic nitrogens is 3. The Balaban J connectivity index is 1.70. The summed E-state index contributed by atoms with van der Waals surface area (Å²) in [5.41, 5.74) is 8.82. The summed E-state index contributed by atoms with van der Waals surface area (Å²) in [6.45, 7) is 2.25. The van der Waals surface area contributed by atoms with Gasteiger partial charge in [0, 0.05) is 11.8 Å². The number of fused-ring (bicyclic) bond motifs is 4. The molecule has 3 N–H and O–H groups in total. The highest BCUT2D eigenvalue weighted by molar-refractivity contribution is 7.21. The minimum atomic E-state index is -0.543. The molecule has 0 saturated carbocycles. The quantitative estimate of drug-likeness (QED) is 0.546. The van der Waals surface area contributed by atoms with Gasteiger partial charge in [0.15, 0.2) is 16.5 Å². The fourth-order valence-corrected chi connectivity index (χ4v) is 4.26. The summed E-state index contributed by atoms with van der Waals surface area (Å²) in [4.78, 5) is 25.0. The van der Waals surface area contributed by atoms with Crippen molar-refractivity contribution in [3.05, 3.63) is 41.2 Å². The first-order valence-corrected chi connectivity index (χ1v) is 9.49. The monoisotopic (exact) mass is 393 g/mol. The number of hydrogen-bond acceptors (Lipinski definition) is 8. The number of primary amides is 1. The molecule has 0 unspecified atom stereocenters. The molecule has 0 fully saturated rings. The molecular formula is C19H15N5O3S. The molecule has 3 heterocycles. The van der Waals surface area contributed by atoms with Gasteiger partial charge in [0.2, 0.25) is 6.79 Å². The summed E-state index contributed by atoms with van der Waals surface area (Å²) in [5.74, 6) is 1.46. The molecule has 0 atom stereocenters. The zero-order valence-corrected chi connectivity index (χ0v) is 15.7. The van der Waals surface area contributed by atoms with Crippen LogP contribution in [-0.4, -0.2) is 27.7 Å². The second-order valence-electron chi connectivity index (χ2n) is 6.26. The van der Waals surface area contributed by atoms with E-state index in [1.54, 1.807) is 0 Å². The largest absolute Gasteiger partial charge is 0.454 e. The first-order valence-electron chi connectivity index (χ1n) is 8.67. The average Bonchev–Trinajstić information content (AvgIpc) is 3.34. The van der Waals surface area contributed by atoms with Crippen LogP contribution >= 0.6 is 11.3 Å². The minimum Gasteiger partial charge on any atom is -0.454 e. The van der Waals surface area contributed by atoms with E-state index in [2.05, 4.69) is 20.3 Å². The van der Waals surface area contributed by atoms with Crippen molar-refractivity contribution in [2.24, 2.45) is 5.73 Å². The Morgan fingerprint density at radius 2 is 2.11 bits per heavy atom. The molecule has 140 valence electrons. The molecule has 4 aromatic rings. The molecule has 5 rings (SSSR count). The maximum absolute atomic E-state index is 11.7. The third kappa shape index (κ3) is 2.59. The highest BCUT2D eigenvalue weighted by atomic mass is 32.1. The number of amides is 1. The van der Waals surface area contributed by atoms with E-state index in [1.165, 1.54) is 17.7 Å². The number of thiazole rings is 1. The number of benzene rings is 2. The molecule has 0 saturated heterocycles. The SMILES string of the molecule is CCc1cc2ncnc(Nc3ccc4c(c3)OCO4)c2c2sc(C(N)=O)nc12. The summed E-state index contributed by atoms with van der Waals surface area (Å²) < 4.78 is 11.6. The zero-order valence-electron chi connectivity index (χ0n) is 14.9. The summed E-state index contributed by atoms with van der Waals surface area (Å²) in [7, 11) is 0. The molecule has 1 aliphatic rings. The van der Waals surface area contributed by atoms with Crippen molar-refractivity contribution in [1.29, 1.82) is 0 Å². The van der Waals surface area contributed by atoms with Crippen molar-refractivity contribution in [2.75, 3.05) is 12.1 Å². The predicted molar refractivity (Wildman–Crippen MR) is 106 cm³/mol. The molecule has 1 aliphatic heterocycles. The molecule has 1 amide bonds. The van der Waals surface area contributed by atoms with E-state index in [4.69, 9.17) is 15.2 Å². The van der Waals surface area contributed by atoms with Crippen LogP contribution in [0.2, 0.25) is 0 Å². The standard InChI is InChI=1S/C19H15N5O3S/c1-2-9-5-11-14(16-15(9)24-19(28-16)17(20)25)18(22-7-21-11)23-10-3-4-12-13(6-10)27-8-26-12/h3-7H,2,8H2,1H3,(H2,20,25)(H,21,22,23). The number of rotatable bonds is 4. The Bertz CT molecular complexity index is 1250. The van der Waals surface area contributed by atoms with Crippen molar-refractivity contribution in [1.82, 2.24) is 15.0 Å². The number of nitrogens with zero attached hydrogens (tertiary/aromatic N) is 3. The molecule has 0 bridgehead atoms. The zero-order chi connectivity index (χ0) is 19.3. The van der Waals surface area contributed by atoms with Crippen LogP contribution in [0.1, 0.15) is 22.3 Å². The fourth-order valence-electron chi connectivity index (χ4n) is 3.25. The second kappa shape index (κ2) is 6.31. The second-order valence-corrected chi connectivity index (χ2v) is 7.26. The number of ether oxygens (including phenoxy) is 2. The van der Waals surface area contributed by atoms with E-state index in [9.17, 15) is 4.79 Å². The molecule has 0 aliphatic carbocycles. The molecule has 28 heavy (non-hydrogen) atoms. The lowest BCUT2D eigenvalue weighted by molar-refractivity contribution is 0.1000. The van der Waals surface area contributed by atoms with Gasteiger partial charge in [0.1, 0.15) is 12.1 Å². The van der Waals surface area contributed by atoms with Gasteiger partial charge >= 0.3 is 0 Å². The number of hydrogen-bond donors (Lipinski definition) is 2. The van der Waals surface area contributed by atoms with Gasteiger partial charge < -0.3 is 20.5 Å². The maximum atomic E-state index is 11.7. The summed E-state index contributed by atoms with van der Waals surface area (Å²) in [6, 6.07) is 7.57. The Labute approximate surface area is 163 Å². The average molecular weight is 393 g/mol. The van der Waals surface area contributed by atoms with Gasteiger partial charge in [0.05, 0.1) is 21.1 Å². The van der Waals surface area contributed by atoms with Crippen LogP contribution in [0.3, 0.4) is 0 Å². The molecule has 2 aromatic carbocycles. The molecule has 8 nitrogen and oxygen atoms in total. The normalized spacial score (nSPS) is 12.6. The van der Waals surface area contributed by atoms with Crippen LogP contribution in [0.5, 0.6) is 11.5 Å². The summed E-state index contributed by atoms with van der Waals surface area (Å²) in [5, 5.41) is 4.40. The van der Waals surface area contributed by atoms with Gasteiger partial charge in [-0.2, -0.15) is 0 Å². The van der Waals surface area contributed by atoms with Gasteiger partial charge in [-0.25, -0.2) is 15.0 Å². The van der Waals surface area contributed by atoms with Crippen LogP contribution in [0.15, 0.2) is 30.6 Å². The number of carbonyl (C=O) groups excluding carboxylic acids is 1. The van der Waals surface area contributed by atoms with E-state index in [-0.39, 0.29) is 11.8 Å². The minimum absolute atomic E-state index is 0.215. The Morgan fingerprint density at radius 3 is 2.93 bits per heavy atom. The molecule has 2 aromatic heterocycles. The third-order valence-corrected chi connectivity index (χ3v) is 5.66. The van der Waals surface area contributed by atoms with Crippen LogP contribution in [0.25, 0.3) is 21.1 Å². The number of anilines is 2. The Morgan fingerprint density at radius 1 is 1.25 bits per heavy atom. The molecule has 0 radical (unpaired) electrons. The fraction of sp³-hybridized carbons (Fsp3) is 0.158. The van der Waals surface area contributed by atoms with Gasteiger partial charge in [-0.15, -0.1) is 11.3 Å². The lowest BCUT2D eigenvalue weighted by Crippen LogP contribution is -2.09. The lowest BCUT2D eigenvalue weighted by atomic mass is 10.1. The van der Waals surface area contributed by atoms with Crippen LogP contribution in [0.4, 0.5) is 11.5 Å². The van der Waals surface area contributed by atoms with Crippen molar-refractivity contribution >= 4 is 49.9 Å². The first kappa shape index (κ1) is 16.7. The van der Waals surface area contributed by atoms with Gasteiger partial charge in [-0.3, -0.25) is 4.79 Å². The highest BCUT2D eigenvalue weighted by Gasteiger charge is 2.19. The van der Waals surface area contributed by atoms with Crippen molar-refractivity contribution < 1.29 is 14.3 Å². The predicted octanol–water partition coefficient (Wildman–Crippen LogP) is 3.37. The van der Waals surface area contributed by atoms with Crippen molar-refractivity contribution in [2.45, 2.75) is 13.3 Å². The maximum Gasteiger partial charge on any atom is 0.277 e. The molecule has 9 heteroatoms. The third-order valence-electron chi connectivity index (χ3n) is 4.57. The number of nitrogens with two attached hydrogens (primary N) is 1.